The van der Waals surface area contributed by atoms with Gasteiger partial charge in [-0.15, -0.1) is 0 Å². The third-order valence-corrected chi connectivity index (χ3v) is 2.87. The van der Waals surface area contributed by atoms with Crippen LogP contribution in [-0.4, -0.2) is 25.0 Å². The Morgan fingerprint density at radius 3 is 2.00 bits per heavy atom. The summed E-state index contributed by atoms with van der Waals surface area (Å²) in [6, 6.07) is 0.545. The van der Waals surface area contributed by atoms with Gasteiger partial charge in [0.1, 0.15) is 0 Å². The quantitative estimate of drug-likeness (QED) is 0.631. The van der Waals surface area contributed by atoms with E-state index in [2.05, 4.69) is 45.3 Å². The highest BCUT2D eigenvalue weighted by atomic mass is 16.1. The molecule has 0 aliphatic heterocycles. The van der Waals surface area contributed by atoms with Crippen LogP contribution in [0, 0.1) is 11.8 Å². The highest BCUT2D eigenvalue weighted by molar-refractivity contribution is 5.75. The number of carbonyl (C=O) groups excluding carboxylic acids is 1. The van der Waals surface area contributed by atoms with Crippen LogP contribution in [0.3, 0.4) is 0 Å². The summed E-state index contributed by atoms with van der Waals surface area (Å²) >= 11 is 0. The largest absolute Gasteiger partial charge is 0.356 e. The lowest BCUT2D eigenvalue weighted by Gasteiger charge is -2.22. The molecule has 0 heterocycles. The average molecular weight is 256 g/mol. The van der Waals surface area contributed by atoms with Crippen molar-refractivity contribution >= 4 is 5.91 Å². The molecule has 1 amide bonds. The van der Waals surface area contributed by atoms with Crippen molar-refractivity contribution in [2.75, 3.05) is 13.1 Å². The molecule has 0 aromatic rings. The second-order valence-corrected chi connectivity index (χ2v) is 6.01. The smallest absolute Gasteiger partial charge is 0.221 e. The number of carbonyl (C=O) groups is 1. The molecule has 0 bridgehead atoms. The zero-order valence-corrected chi connectivity index (χ0v) is 12.9. The maximum atomic E-state index is 11.5. The van der Waals surface area contributed by atoms with Crippen molar-refractivity contribution in [1.29, 1.82) is 0 Å². The van der Waals surface area contributed by atoms with Crippen LogP contribution in [0.5, 0.6) is 0 Å². The van der Waals surface area contributed by atoms with Gasteiger partial charge in [0.05, 0.1) is 0 Å². The van der Waals surface area contributed by atoms with Gasteiger partial charge in [-0.05, 0) is 31.1 Å². The first-order chi connectivity index (χ1) is 8.45. The first kappa shape index (κ1) is 17.4. The minimum atomic E-state index is 0.164. The van der Waals surface area contributed by atoms with Gasteiger partial charge in [0.2, 0.25) is 5.91 Å². The summed E-state index contributed by atoms with van der Waals surface area (Å²) in [5.41, 5.74) is 0. The summed E-state index contributed by atoms with van der Waals surface area (Å²) in [7, 11) is 0. The maximum absolute atomic E-state index is 11.5. The fourth-order valence-corrected chi connectivity index (χ4v) is 2.14. The number of rotatable bonds is 10. The van der Waals surface area contributed by atoms with Crippen LogP contribution >= 0.6 is 0 Å². The van der Waals surface area contributed by atoms with E-state index in [-0.39, 0.29) is 5.91 Å². The molecule has 0 spiro atoms. The molecule has 0 fully saturated rings. The second-order valence-electron chi connectivity index (χ2n) is 6.01. The molecule has 18 heavy (non-hydrogen) atoms. The van der Waals surface area contributed by atoms with E-state index in [0.29, 0.717) is 24.3 Å². The molecule has 108 valence electrons. The van der Waals surface area contributed by atoms with E-state index in [9.17, 15) is 4.79 Å². The summed E-state index contributed by atoms with van der Waals surface area (Å²) in [5.74, 6) is 1.57. The number of hydrogen-bond donors (Lipinski definition) is 2. The Balaban J connectivity index is 3.84. The van der Waals surface area contributed by atoms with Crippen LogP contribution in [0.2, 0.25) is 0 Å². The minimum Gasteiger partial charge on any atom is -0.356 e. The van der Waals surface area contributed by atoms with Crippen molar-refractivity contribution in [2.45, 2.75) is 66.3 Å². The van der Waals surface area contributed by atoms with Crippen molar-refractivity contribution in [3.05, 3.63) is 0 Å². The topological polar surface area (TPSA) is 41.1 Å². The Labute approximate surface area is 113 Å². The van der Waals surface area contributed by atoms with Gasteiger partial charge in [-0.3, -0.25) is 4.79 Å². The van der Waals surface area contributed by atoms with Crippen molar-refractivity contribution in [2.24, 2.45) is 11.8 Å². The van der Waals surface area contributed by atoms with Gasteiger partial charge < -0.3 is 10.6 Å². The molecule has 0 radical (unpaired) electrons. The van der Waals surface area contributed by atoms with Crippen LogP contribution in [0.15, 0.2) is 0 Å². The van der Waals surface area contributed by atoms with E-state index in [1.54, 1.807) is 0 Å². The highest BCUT2D eigenvalue weighted by Crippen LogP contribution is 2.13. The molecule has 0 atom stereocenters. The monoisotopic (exact) mass is 256 g/mol. The molecule has 0 aliphatic carbocycles. The third-order valence-electron chi connectivity index (χ3n) is 2.87. The van der Waals surface area contributed by atoms with Crippen LogP contribution in [0.4, 0.5) is 0 Å². The van der Waals surface area contributed by atoms with Gasteiger partial charge in [0.25, 0.3) is 0 Å². The van der Waals surface area contributed by atoms with Crippen LogP contribution < -0.4 is 10.6 Å². The summed E-state index contributed by atoms with van der Waals surface area (Å²) in [6.07, 6.45) is 3.97. The van der Waals surface area contributed by atoms with E-state index >= 15 is 0 Å². The number of nitrogens with one attached hydrogen (secondary N) is 2. The predicted molar refractivity (Wildman–Crippen MR) is 78.6 cm³/mol. The molecule has 0 rings (SSSR count). The van der Waals surface area contributed by atoms with E-state index in [1.807, 2.05) is 0 Å². The van der Waals surface area contributed by atoms with Crippen LogP contribution in [0.25, 0.3) is 0 Å². The standard InChI is InChI=1S/C15H32N2O/c1-6-8-17-15(18)7-9-16-14(10-12(2)3)11-13(4)5/h12-14,16H,6-11H2,1-5H3,(H,17,18). The van der Waals surface area contributed by atoms with Crippen LogP contribution in [-0.2, 0) is 4.79 Å². The van der Waals surface area contributed by atoms with E-state index in [4.69, 9.17) is 0 Å². The molecule has 0 saturated heterocycles. The van der Waals surface area contributed by atoms with Crippen LogP contribution in [0.1, 0.15) is 60.3 Å². The SMILES string of the molecule is CCCNC(=O)CCNC(CC(C)C)CC(C)C. The van der Waals surface area contributed by atoms with Crippen molar-refractivity contribution in [3.63, 3.8) is 0 Å². The maximum Gasteiger partial charge on any atom is 0.221 e. The molecule has 0 aromatic carbocycles. The Kier molecular flexibility index (Phi) is 10.0. The molecule has 3 nitrogen and oxygen atoms in total. The lowest BCUT2D eigenvalue weighted by atomic mass is 9.95. The second kappa shape index (κ2) is 10.4. The predicted octanol–water partition coefficient (Wildman–Crippen LogP) is 2.95. The molecule has 0 unspecified atom stereocenters. The minimum absolute atomic E-state index is 0.164. The lowest BCUT2D eigenvalue weighted by molar-refractivity contribution is -0.121. The molecular weight excluding hydrogens is 224 g/mol. The summed E-state index contributed by atoms with van der Waals surface area (Å²) in [5, 5.41) is 6.44. The lowest BCUT2D eigenvalue weighted by Crippen LogP contribution is -2.35. The molecule has 0 saturated carbocycles. The van der Waals surface area contributed by atoms with Gasteiger partial charge in [-0.25, -0.2) is 0 Å². The Morgan fingerprint density at radius 2 is 1.56 bits per heavy atom. The van der Waals surface area contributed by atoms with Gasteiger partial charge in [0, 0.05) is 25.6 Å². The Hall–Kier alpha value is -0.570. The average Bonchev–Trinajstić information content (AvgIpc) is 2.24. The summed E-state index contributed by atoms with van der Waals surface area (Å²) < 4.78 is 0. The zero-order valence-electron chi connectivity index (χ0n) is 12.9. The molecule has 3 heteroatoms. The normalized spacial score (nSPS) is 11.6. The van der Waals surface area contributed by atoms with Gasteiger partial charge in [0.15, 0.2) is 0 Å². The first-order valence-corrected chi connectivity index (χ1v) is 7.45. The molecule has 2 N–H and O–H groups in total. The fraction of sp³-hybridized carbons (Fsp3) is 0.933. The third kappa shape index (κ3) is 10.6. The Bertz CT molecular complexity index is 205. The van der Waals surface area contributed by atoms with Gasteiger partial charge >= 0.3 is 0 Å². The summed E-state index contributed by atoms with van der Waals surface area (Å²) in [4.78, 5) is 11.5. The van der Waals surface area contributed by atoms with E-state index in [0.717, 1.165) is 19.5 Å². The molecular formula is C15H32N2O. The Morgan fingerprint density at radius 1 is 1.00 bits per heavy atom. The zero-order chi connectivity index (χ0) is 14.0. The van der Waals surface area contributed by atoms with E-state index < -0.39 is 0 Å². The number of hydrogen-bond acceptors (Lipinski definition) is 2. The highest BCUT2D eigenvalue weighted by Gasteiger charge is 2.12. The van der Waals surface area contributed by atoms with Crippen molar-refractivity contribution in [3.8, 4) is 0 Å². The van der Waals surface area contributed by atoms with Gasteiger partial charge in [-0.2, -0.15) is 0 Å². The van der Waals surface area contributed by atoms with Gasteiger partial charge in [-0.1, -0.05) is 34.6 Å². The molecule has 0 aromatic heterocycles. The van der Waals surface area contributed by atoms with E-state index in [1.165, 1.54) is 12.8 Å². The summed E-state index contributed by atoms with van der Waals surface area (Å²) in [6.45, 7) is 12.7. The first-order valence-electron chi connectivity index (χ1n) is 7.45. The van der Waals surface area contributed by atoms with Crippen molar-refractivity contribution < 1.29 is 4.79 Å². The number of amides is 1. The fourth-order valence-electron chi connectivity index (χ4n) is 2.14. The molecule has 0 aliphatic rings. The van der Waals surface area contributed by atoms with Crippen molar-refractivity contribution in [1.82, 2.24) is 10.6 Å².